The van der Waals surface area contributed by atoms with E-state index in [-0.39, 0.29) is 17.9 Å². The van der Waals surface area contributed by atoms with Gasteiger partial charge in [0.2, 0.25) is 15.9 Å². The topological polar surface area (TPSA) is 66.5 Å². The van der Waals surface area contributed by atoms with Crippen LogP contribution in [0.25, 0.3) is 0 Å². The van der Waals surface area contributed by atoms with E-state index < -0.39 is 10.0 Å². The van der Waals surface area contributed by atoms with Gasteiger partial charge in [-0.2, -0.15) is 4.31 Å². The molecule has 1 unspecified atom stereocenters. The van der Waals surface area contributed by atoms with Gasteiger partial charge in [-0.25, -0.2) is 8.42 Å². The van der Waals surface area contributed by atoms with Gasteiger partial charge in [0, 0.05) is 23.5 Å². The van der Waals surface area contributed by atoms with Crippen LogP contribution in [0.5, 0.6) is 0 Å². The van der Waals surface area contributed by atoms with Crippen LogP contribution in [0.3, 0.4) is 0 Å². The number of carbonyl (C=O) groups is 1. The number of carbonyl (C=O) groups excluding carboxylic acids is 1. The SMILES string of the molecule is CC(NC(=O)C1CCN(S(=O)(=O)c2ccccc2)CC1)c1cccc(Br)c1. The lowest BCUT2D eigenvalue weighted by atomic mass is 9.96. The maximum Gasteiger partial charge on any atom is 0.243 e. The first-order valence-electron chi connectivity index (χ1n) is 8.99. The van der Waals surface area contributed by atoms with E-state index in [1.807, 2.05) is 31.2 Å². The minimum Gasteiger partial charge on any atom is -0.349 e. The monoisotopic (exact) mass is 450 g/mol. The average molecular weight is 451 g/mol. The van der Waals surface area contributed by atoms with Crippen LogP contribution in [0.1, 0.15) is 31.4 Å². The first kappa shape index (κ1) is 20.0. The van der Waals surface area contributed by atoms with Gasteiger partial charge in [0.15, 0.2) is 0 Å². The second kappa shape index (κ2) is 8.54. The van der Waals surface area contributed by atoms with E-state index in [4.69, 9.17) is 0 Å². The van der Waals surface area contributed by atoms with Gasteiger partial charge in [-0.3, -0.25) is 4.79 Å². The Bertz CT molecular complexity index is 894. The zero-order valence-corrected chi connectivity index (χ0v) is 17.5. The molecule has 2 aromatic rings. The van der Waals surface area contributed by atoms with Gasteiger partial charge in [0.25, 0.3) is 0 Å². The molecule has 7 heteroatoms. The summed E-state index contributed by atoms with van der Waals surface area (Å²) in [4.78, 5) is 12.9. The van der Waals surface area contributed by atoms with E-state index in [1.165, 1.54) is 4.31 Å². The molecule has 144 valence electrons. The van der Waals surface area contributed by atoms with Crippen molar-refractivity contribution in [2.45, 2.75) is 30.7 Å². The third-order valence-corrected chi connectivity index (χ3v) is 7.32. The van der Waals surface area contributed by atoms with Gasteiger partial charge in [-0.1, -0.05) is 46.3 Å². The molecule has 0 bridgehead atoms. The molecule has 0 aliphatic carbocycles. The molecule has 1 heterocycles. The van der Waals surface area contributed by atoms with E-state index in [1.54, 1.807) is 30.3 Å². The molecule has 1 amide bonds. The molecule has 27 heavy (non-hydrogen) atoms. The predicted octanol–water partition coefficient (Wildman–Crippen LogP) is 3.73. The second-order valence-corrected chi connectivity index (χ2v) is 9.63. The summed E-state index contributed by atoms with van der Waals surface area (Å²) in [7, 11) is -3.49. The largest absolute Gasteiger partial charge is 0.349 e. The molecule has 1 aliphatic rings. The third kappa shape index (κ3) is 4.78. The Kier molecular flexibility index (Phi) is 6.34. The fourth-order valence-corrected chi connectivity index (χ4v) is 5.20. The molecule has 1 saturated heterocycles. The van der Waals surface area contributed by atoms with Gasteiger partial charge in [-0.15, -0.1) is 0 Å². The Morgan fingerprint density at radius 1 is 1.11 bits per heavy atom. The zero-order chi connectivity index (χ0) is 19.4. The number of nitrogens with zero attached hydrogens (tertiary/aromatic N) is 1. The number of halogens is 1. The van der Waals surface area contributed by atoms with Crippen LogP contribution in [-0.4, -0.2) is 31.7 Å². The molecule has 0 radical (unpaired) electrons. The maximum absolute atomic E-state index is 12.7. The molecule has 0 saturated carbocycles. The average Bonchev–Trinajstić information content (AvgIpc) is 2.68. The zero-order valence-electron chi connectivity index (χ0n) is 15.1. The molecule has 1 fully saturated rings. The van der Waals surface area contributed by atoms with Crippen molar-refractivity contribution in [3.63, 3.8) is 0 Å². The summed E-state index contributed by atoms with van der Waals surface area (Å²) in [6, 6.07) is 16.2. The van der Waals surface area contributed by atoms with E-state index in [0.29, 0.717) is 30.8 Å². The molecule has 1 aliphatic heterocycles. The van der Waals surface area contributed by atoms with E-state index in [0.717, 1.165) is 10.0 Å². The van der Waals surface area contributed by atoms with E-state index >= 15 is 0 Å². The van der Waals surface area contributed by atoms with Crippen molar-refractivity contribution in [1.29, 1.82) is 0 Å². The van der Waals surface area contributed by atoms with Crippen LogP contribution in [0.15, 0.2) is 64.0 Å². The van der Waals surface area contributed by atoms with Crippen LogP contribution in [0, 0.1) is 5.92 Å². The van der Waals surface area contributed by atoms with Crippen molar-refractivity contribution in [1.82, 2.24) is 9.62 Å². The van der Waals surface area contributed by atoms with Crippen LogP contribution < -0.4 is 5.32 Å². The number of piperidine rings is 1. The number of nitrogens with one attached hydrogen (secondary N) is 1. The van der Waals surface area contributed by atoms with Gasteiger partial charge in [0.05, 0.1) is 10.9 Å². The molecule has 1 atom stereocenters. The number of rotatable bonds is 5. The van der Waals surface area contributed by atoms with Gasteiger partial charge in [-0.05, 0) is 49.6 Å². The Labute approximate surface area is 169 Å². The summed E-state index contributed by atoms with van der Waals surface area (Å²) in [5, 5.41) is 3.05. The fraction of sp³-hybridized carbons (Fsp3) is 0.350. The first-order valence-corrected chi connectivity index (χ1v) is 11.2. The molecular formula is C20H23BrN2O3S. The predicted molar refractivity (Wildman–Crippen MR) is 109 cm³/mol. The number of hydrogen-bond donors (Lipinski definition) is 1. The lowest BCUT2D eigenvalue weighted by Crippen LogP contribution is -2.43. The Morgan fingerprint density at radius 3 is 2.41 bits per heavy atom. The van der Waals surface area contributed by atoms with Gasteiger partial charge in [0.1, 0.15) is 0 Å². The van der Waals surface area contributed by atoms with Crippen molar-refractivity contribution in [2.75, 3.05) is 13.1 Å². The van der Waals surface area contributed by atoms with Gasteiger partial charge < -0.3 is 5.32 Å². The highest BCUT2D eigenvalue weighted by Crippen LogP contribution is 2.25. The standard InChI is InChI=1S/C20H23BrN2O3S/c1-15(17-6-5-7-18(21)14-17)22-20(24)16-10-12-23(13-11-16)27(25,26)19-8-3-2-4-9-19/h2-9,14-16H,10-13H2,1H3,(H,22,24). The number of amides is 1. The number of hydrogen-bond acceptors (Lipinski definition) is 3. The highest BCUT2D eigenvalue weighted by atomic mass is 79.9. The summed E-state index contributed by atoms with van der Waals surface area (Å²) < 4.78 is 27.8. The Morgan fingerprint density at radius 2 is 1.78 bits per heavy atom. The van der Waals surface area contributed by atoms with E-state index in [2.05, 4.69) is 21.2 Å². The lowest BCUT2D eigenvalue weighted by Gasteiger charge is -2.31. The van der Waals surface area contributed by atoms with Crippen molar-refractivity contribution in [2.24, 2.45) is 5.92 Å². The van der Waals surface area contributed by atoms with Crippen molar-refractivity contribution in [3.8, 4) is 0 Å². The smallest absolute Gasteiger partial charge is 0.243 e. The van der Waals surface area contributed by atoms with Crippen LogP contribution in [0.4, 0.5) is 0 Å². The Balaban J connectivity index is 1.58. The summed E-state index contributed by atoms with van der Waals surface area (Å²) in [6.07, 6.45) is 1.06. The minimum absolute atomic E-state index is 0.0146. The molecule has 0 spiro atoms. The van der Waals surface area contributed by atoms with Crippen molar-refractivity contribution >= 4 is 31.9 Å². The summed E-state index contributed by atoms with van der Waals surface area (Å²) >= 11 is 3.44. The summed E-state index contributed by atoms with van der Waals surface area (Å²) in [5.41, 5.74) is 1.03. The summed E-state index contributed by atoms with van der Waals surface area (Å²) in [5.74, 6) is -0.180. The Hall–Kier alpha value is -1.70. The molecule has 1 N–H and O–H groups in total. The minimum atomic E-state index is -3.49. The maximum atomic E-state index is 12.7. The normalized spacial score (nSPS) is 17.4. The molecule has 0 aromatic heterocycles. The number of benzene rings is 2. The van der Waals surface area contributed by atoms with Crippen molar-refractivity contribution < 1.29 is 13.2 Å². The van der Waals surface area contributed by atoms with Crippen molar-refractivity contribution in [3.05, 3.63) is 64.6 Å². The van der Waals surface area contributed by atoms with Crippen LogP contribution >= 0.6 is 15.9 Å². The van der Waals surface area contributed by atoms with Crippen LogP contribution in [0.2, 0.25) is 0 Å². The lowest BCUT2D eigenvalue weighted by molar-refractivity contribution is -0.126. The fourth-order valence-electron chi connectivity index (χ4n) is 3.29. The first-order chi connectivity index (χ1) is 12.9. The molecule has 5 nitrogen and oxygen atoms in total. The quantitative estimate of drug-likeness (QED) is 0.754. The highest BCUT2D eigenvalue weighted by Gasteiger charge is 2.32. The van der Waals surface area contributed by atoms with E-state index in [9.17, 15) is 13.2 Å². The van der Waals surface area contributed by atoms with Crippen LogP contribution in [-0.2, 0) is 14.8 Å². The van der Waals surface area contributed by atoms with Gasteiger partial charge >= 0.3 is 0 Å². The molecule has 2 aromatic carbocycles. The number of sulfonamides is 1. The highest BCUT2D eigenvalue weighted by molar-refractivity contribution is 9.10. The third-order valence-electron chi connectivity index (χ3n) is 4.91. The second-order valence-electron chi connectivity index (χ2n) is 6.78. The molecular weight excluding hydrogens is 428 g/mol. The molecule has 3 rings (SSSR count). The summed E-state index contributed by atoms with van der Waals surface area (Å²) in [6.45, 7) is 2.68.